The van der Waals surface area contributed by atoms with Crippen LogP contribution in [0.15, 0.2) is 0 Å². The SMILES string of the molecule is CCCOCCCOCCC(=O)NC1CCC(C(=O)C(C)C)CC1. The maximum atomic E-state index is 12.0. The molecule has 0 saturated heterocycles. The van der Waals surface area contributed by atoms with Gasteiger partial charge in [0, 0.05) is 44.1 Å². The Bertz CT molecular complexity index is 362. The summed E-state index contributed by atoms with van der Waals surface area (Å²) in [6, 6.07) is 0.219. The molecule has 1 saturated carbocycles. The first kappa shape index (κ1) is 21.1. The highest BCUT2D eigenvalue weighted by atomic mass is 16.5. The van der Waals surface area contributed by atoms with E-state index in [4.69, 9.17) is 9.47 Å². The van der Waals surface area contributed by atoms with Gasteiger partial charge in [-0.25, -0.2) is 0 Å². The lowest BCUT2D eigenvalue weighted by Crippen LogP contribution is -2.39. The van der Waals surface area contributed by atoms with Gasteiger partial charge in [-0.1, -0.05) is 20.8 Å². The largest absolute Gasteiger partial charge is 0.381 e. The second-order valence-electron chi connectivity index (χ2n) is 7.00. The monoisotopic (exact) mass is 341 g/mol. The summed E-state index contributed by atoms with van der Waals surface area (Å²) in [4.78, 5) is 23.9. The Kier molecular flexibility index (Phi) is 10.9. The Morgan fingerprint density at radius 2 is 1.62 bits per heavy atom. The first-order valence-electron chi connectivity index (χ1n) is 9.53. The van der Waals surface area contributed by atoms with Gasteiger partial charge in [0.2, 0.25) is 5.91 Å². The molecule has 0 atom stereocenters. The van der Waals surface area contributed by atoms with Crippen LogP contribution in [0, 0.1) is 11.8 Å². The van der Waals surface area contributed by atoms with Crippen molar-refractivity contribution < 1.29 is 19.1 Å². The summed E-state index contributed by atoms with van der Waals surface area (Å²) >= 11 is 0. The molecule has 1 fully saturated rings. The van der Waals surface area contributed by atoms with E-state index in [2.05, 4.69) is 12.2 Å². The van der Waals surface area contributed by atoms with Crippen LogP contribution in [-0.4, -0.2) is 44.2 Å². The second kappa shape index (κ2) is 12.4. The Labute approximate surface area is 146 Å². The van der Waals surface area contributed by atoms with Crippen LogP contribution in [0.2, 0.25) is 0 Å². The lowest BCUT2D eigenvalue weighted by atomic mass is 9.80. The summed E-state index contributed by atoms with van der Waals surface area (Å²) in [6.45, 7) is 8.63. The Hall–Kier alpha value is -0.940. The van der Waals surface area contributed by atoms with E-state index in [-0.39, 0.29) is 23.8 Å². The summed E-state index contributed by atoms with van der Waals surface area (Å²) in [6.07, 6.45) is 5.92. The van der Waals surface area contributed by atoms with Crippen molar-refractivity contribution in [3.05, 3.63) is 0 Å². The minimum Gasteiger partial charge on any atom is -0.381 e. The van der Waals surface area contributed by atoms with Gasteiger partial charge >= 0.3 is 0 Å². The molecule has 1 rings (SSSR count). The van der Waals surface area contributed by atoms with Gasteiger partial charge in [-0.05, 0) is 38.5 Å². The molecule has 0 aromatic heterocycles. The first-order valence-corrected chi connectivity index (χ1v) is 9.53. The number of rotatable bonds is 12. The third-order valence-electron chi connectivity index (χ3n) is 4.46. The summed E-state index contributed by atoms with van der Waals surface area (Å²) < 4.78 is 10.8. The number of amides is 1. The number of ketones is 1. The molecule has 0 aromatic rings. The molecule has 5 heteroatoms. The minimum atomic E-state index is 0.0517. The average Bonchev–Trinajstić information content (AvgIpc) is 2.57. The molecule has 0 heterocycles. The van der Waals surface area contributed by atoms with Crippen molar-refractivity contribution in [2.45, 2.75) is 71.8 Å². The molecule has 24 heavy (non-hydrogen) atoms. The molecule has 1 N–H and O–H groups in total. The molecular weight excluding hydrogens is 306 g/mol. The predicted octanol–water partition coefficient (Wildman–Crippen LogP) is 3.11. The van der Waals surface area contributed by atoms with E-state index in [1.807, 2.05) is 13.8 Å². The van der Waals surface area contributed by atoms with E-state index >= 15 is 0 Å². The van der Waals surface area contributed by atoms with Crippen LogP contribution >= 0.6 is 0 Å². The predicted molar refractivity (Wildman–Crippen MR) is 94.9 cm³/mol. The molecule has 0 aromatic carbocycles. The highest BCUT2D eigenvalue weighted by Gasteiger charge is 2.27. The number of Topliss-reactive ketones (excluding diaryl/α,β-unsaturated/α-hetero) is 1. The van der Waals surface area contributed by atoms with Crippen molar-refractivity contribution in [2.75, 3.05) is 26.4 Å². The highest BCUT2D eigenvalue weighted by molar-refractivity contribution is 5.83. The zero-order valence-corrected chi connectivity index (χ0v) is 15.6. The normalized spacial score (nSPS) is 21.0. The van der Waals surface area contributed by atoms with Gasteiger partial charge in [-0.2, -0.15) is 0 Å². The number of hydrogen-bond acceptors (Lipinski definition) is 4. The summed E-state index contributed by atoms with van der Waals surface area (Å²) in [7, 11) is 0. The maximum absolute atomic E-state index is 12.0. The fourth-order valence-corrected chi connectivity index (χ4v) is 3.07. The fraction of sp³-hybridized carbons (Fsp3) is 0.895. The quantitative estimate of drug-likeness (QED) is 0.554. The molecular formula is C19H35NO4. The van der Waals surface area contributed by atoms with Crippen molar-refractivity contribution in [1.29, 1.82) is 0 Å². The molecule has 0 bridgehead atoms. The Morgan fingerprint density at radius 3 is 2.21 bits per heavy atom. The van der Waals surface area contributed by atoms with Crippen LogP contribution in [0.4, 0.5) is 0 Å². The topological polar surface area (TPSA) is 64.6 Å². The van der Waals surface area contributed by atoms with E-state index in [1.165, 1.54) is 0 Å². The molecule has 1 aliphatic carbocycles. The van der Waals surface area contributed by atoms with Gasteiger partial charge in [0.1, 0.15) is 5.78 Å². The third-order valence-corrected chi connectivity index (χ3v) is 4.46. The Morgan fingerprint density at radius 1 is 1.00 bits per heavy atom. The van der Waals surface area contributed by atoms with Gasteiger partial charge in [0.25, 0.3) is 0 Å². The van der Waals surface area contributed by atoms with Crippen molar-refractivity contribution in [1.82, 2.24) is 5.32 Å². The Balaban J connectivity index is 2.03. The molecule has 0 unspecified atom stereocenters. The molecule has 0 radical (unpaired) electrons. The van der Waals surface area contributed by atoms with Gasteiger partial charge in [-0.3, -0.25) is 9.59 Å². The van der Waals surface area contributed by atoms with E-state index in [0.717, 1.165) is 51.7 Å². The summed E-state index contributed by atoms with van der Waals surface area (Å²) in [5.41, 5.74) is 0. The van der Waals surface area contributed by atoms with Crippen molar-refractivity contribution in [3.63, 3.8) is 0 Å². The maximum Gasteiger partial charge on any atom is 0.222 e. The molecule has 140 valence electrons. The summed E-state index contributed by atoms with van der Waals surface area (Å²) in [5.74, 6) is 0.731. The van der Waals surface area contributed by atoms with Crippen molar-refractivity contribution in [2.24, 2.45) is 11.8 Å². The fourth-order valence-electron chi connectivity index (χ4n) is 3.07. The zero-order valence-electron chi connectivity index (χ0n) is 15.6. The van der Waals surface area contributed by atoms with Crippen molar-refractivity contribution >= 4 is 11.7 Å². The van der Waals surface area contributed by atoms with Crippen LogP contribution in [0.1, 0.15) is 65.7 Å². The van der Waals surface area contributed by atoms with E-state index < -0.39 is 0 Å². The van der Waals surface area contributed by atoms with Crippen LogP contribution in [0.25, 0.3) is 0 Å². The second-order valence-corrected chi connectivity index (χ2v) is 7.00. The third kappa shape index (κ3) is 8.78. The lowest BCUT2D eigenvalue weighted by Gasteiger charge is -2.29. The number of nitrogens with one attached hydrogen (secondary N) is 1. The van der Waals surface area contributed by atoms with Crippen LogP contribution in [0.3, 0.4) is 0 Å². The standard InChI is InChI=1S/C19H35NO4/c1-4-11-23-12-5-13-24-14-10-18(21)20-17-8-6-16(7-9-17)19(22)15(2)3/h15-17H,4-14H2,1-3H3,(H,20,21). The van der Waals surface area contributed by atoms with E-state index in [0.29, 0.717) is 25.4 Å². The van der Waals surface area contributed by atoms with Crippen molar-refractivity contribution in [3.8, 4) is 0 Å². The molecule has 0 spiro atoms. The molecule has 5 nitrogen and oxygen atoms in total. The highest BCUT2D eigenvalue weighted by Crippen LogP contribution is 2.27. The molecule has 1 aliphatic rings. The van der Waals surface area contributed by atoms with Crippen LogP contribution < -0.4 is 5.32 Å². The minimum absolute atomic E-state index is 0.0517. The first-order chi connectivity index (χ1) is 11.5. The number of ether oxygens (including phenoxy) is 2. The molecule has 0 aliphatic heterocycles. The smallest absolute Gasteiger partial charge is 0.222 e. The van der Waals surface area contributed by atoms with Gasteiger partial charge < -0.3 is 14.8 Å². The van der Waals surface area contributed by atoms with Gasteiger partial charge in [-0.15, -0.1) is 0 Å². The van der Waals surface area contributed by atoms with Gasteiger partial charge in [0.05, 0.1) is 6.61 Å². The van der Waals surface area contributed by atoms with Gasteiger partial charge in [0.15, 0.2) is 0 Å². The van der Waals surface area contributed by atoms with Crippen LogP contribution in [-0.2, 0) is 19.1 Å². The summed E-state index contributed by atoms with van der Waals surface area (Å²) in [5, 5.41) is 3.07. The van der Waals surface area contributed by atoms with E-state index in [9.17, 15) is 9.59 Å². The number of carbonyl (C=O) groups is 2. The number of hydrogen-bond donors (Lipinski definition) is 1. The number of carbonyl (C=O) groups excluding carboxylic acids is 2. The average molecular weight is 341 g/mol. The lowest BCUT2D eigenvalue weighted by molar-refractivity contribution is -0.127. The molecule has 1 amide bonds. The van der Waals surface area contributed by atoms with Crippen LogP contribution in [0.5, 0.6) is 0 Å². The van der Waals surface area contributed by atoms with E-state index in [1.54, 1.807) is 0 Å². The zero-order chi connectivity index (χ0) is 17.8.